The van der Waals surface area contributed by atoms with Gasteiger partial charge in [0.1, 0.15) is 11.8 Å². The third-order valence-electron chi connectivity index (χ3n) is 9.43. The molecule has 1 fully saturated rings. The number of rotatable bonds is 13. The molecule has 3 aromatic carbocycles. The number of ketones is 1. The number of nitrogens with zero attached hydrogens (tertiary/aromatic N) is 7. The van der Waals surface area contributed by atoms with Crippen LogP contribution >= 0.6 is 23.2 Å². The number of likely N-dealkylation sites (tertiary alicyclic amines) is 1. The standard InChI is InChI=1S/C37H39Cl2N7O3/c1-4-16-46-33-8-6-5-7-31(33)41-36(46)35(47)24-13-17-45(18-14-24)19-15-27(25-9-11-29(38)30(39)21-25)23-44(2)37(48)28-20-26(10-12-34(28)49-3)32-22-40-43-42-32/h4-12,20-22,24,27,32H,1,13-19,23H2,2-3H3. The number of hydrogen-bond acceptors (Lipinski definition) is 8. The Bertz CT molecular complexity index is 1900. The van der Waals surface area contributed by atoms with Gasteiger partial charge in [-0.1, -0.05) is 53.5 Å². The Morgan fingerprint density at radius 2 is 1.88 bits per heavy atom. The number of Topliss-reactive ketones (excluding diaryl/α,β-unsaturated/α-hetero) is 1. The maximum absolute atomic E-state index is 13.9. The first-order chi connectivity index (χ1) is 23.8. The third kappa shape index (κ3) is 7.61. The topological polar surface area (TPSA) is 105 Å². The Balaban J connectivity index is 1.13. The zero-order valence-corrected chi connectivity index (χ0v) is 29.1. The number of carbonyl (C=O) groups excluding carboxylic acids is 2. The third-order valence-corrected chi connectivity index (χ3v) is 10.2. The molecule has 1 aromatic heterocycles. The van der Waals surface area contributed by atoms with Crippen molar-refractivity contribution < 1.29 is 14.3 Å². The lowest BCUT2D eigenvalue weighted by Gasteiger charge is -2.33. The maximum Gasteiger partial charge on any atom is 0.257 e. The minimum absolute atomic E-state index is 0.0215. The number of ether oxygens (including phenoxy) is 1. The second kappa shape index (κ2) is 15.4. The SMILES string of the molecule is C=CCn1c(C(=O)C2CCN(CCC(CN(C)C(=O)c3cc(C4C=NN=N4)ccc3OC)c3ccc(Cl)c(Cl)c3)CC2)nc2ccccc21. The van der Waals surface area contributed by atoms with E-state index < -0.39 is 0 Å². The summed E-state index contributed by atoms with van der Waals surface area (Å²) in [6.07, 6.45) is 5.73. The molecule has 0 aliphatic carbocycles. The van der Waals surface area contributed by atoms with Crippen molar-refractivity contribution in [3.8, 4) is 5.75 Å². The number of likely N-dealkylation sites (N-methyl/N-ethyl adjacent to an activating group) is 1. The summed E-state index contributed by atoms with van der Waals surface area (Å²) in [5, 5.41) is 12.6. The fourth-order valence-electron chi connectivity index (χ4n) is 6.70. The van der Waals surface area contributed by atoms with E-state index in [9.17, 15) is 9.59 Å². The predicted molar refractivity (Wildman–Crippen MR) is 193 cm³/mol. The Kier molecular flexibility index (Phi) is 10.9. The number of halogens is 2. The molecule has 2 unspecified atom stereocenters. The Hall–Kier alpha value is -4.38. The van der Waals surface area contributed by atoms with Crippen molar-refractivity contribution in [3.63, 3.8) is 0 Å². The van der Waals surface area contributed by atoms with Crippen molar-refractivity contribution in [1.82, 2.24) is 19.4 Å². The molecule has 3 heterocycles. The van der Waals surface area contributed by atoms with Gasteiger partial charge >= 0.3 is 0 Å². The Morgan fingerprint density at radius 3 is 2.59 bits per heavy atom. The number of aromatic nitrogens is 2. The molecule has 0 spiro atoms. The van der Waals surface area contributed by atoms with Crippen molar-refractivity contribution in [3.05, 3.63) is 106 Å². The normalized spacial score (nSPS) is 17.0. The van der Waals surface area contributed by atoms with Gasteiger partial charge < -0.3 is 19.1 Å². The second-order valence-electron chi connectivity index (χ2n) is 12.5. The molecule has 2 aliphatic heterocycles. The molecule has 254 valence electrons. The lowest BCUT2D eigenvalue weighted by atomic mass is 9.90. The van der Waals surface area contributed by atoms with Crippen molar-refractivity contribution in [2.45, 2.75) is 37.8 Å². The van der Waals surface area contributed by atoms with Gasteiger partial charge in [0, 0.05) is 32.0 Å². The fourth-order valence-corrected chi connectivity index (χ4v) is 7.01. The van der Waals surface area contributed by atoms with Gasteiger partial charge in [0.05, 0.1) is 40.0 Å². The number of methoxy groups -OCH3 is 1. The summed E-state index contributed by atoms with van der Waals surface area (Å²) in [6, 6.07) is 18.6. The molecule has 0 N–H and O–H groups in total. The van der Waals surface area contributed by atoms with Crippen LogP contribution in [-0.2, 0) is 6.54 Å². The highest BCUT2D eigenvalue weighted by molar-refractivity contribution is 6.42. The van der Waals surface area contributed by atoms with Crippen molar-refractivity contribution in [2.75, 3.05) is 40.3 Å². The van der Waals surface area contributed by atoms with Gasteiger partial charge in [0.15, 0.2) is 5.82 Å². The van der Waals surface area contributed by atoms with Crippen LogP contribution in [0.15, 0.2) is 88.8 Å². The summed E-state index contributed by atoms with van der Waals surface area (Å²) in [5.74, 6) is 0.804. The lowest BCUT2D eigenvalue weighted by Crippen LogP contribution is -2.38. The average molecular weight is 701 g/mol. The van der Waals surface area contributed by atoms with E-state index in [2.05, 4.69) is 26.9 Å². The highest BCUT2D eigenvalue weighted by atomic mass is 35.5. The minimum atomic E-state index is -0.334. The van der Waals surface area contributed by atoms with Gasteiger partial charge in [0.25, 0.3) is 5.91 Å². The zero-order chi connectivity index (χ0) is 34.5. The van der Waals surface area contributed by atoms with Crippen LogP contribution in [0.25, 0.3) is 11.0 Å². The molecule has 1 saturated heterocycles. The van der Waals surface area contributed by atoms with Crippen molar-refractivity contribution >= 4 is 52.1 Å². The molecular weight excluding hydrogens is 661 g/mol. The first-order valence-electron chi connectivity index (χ1n) is 16.4. The van der Waals surface area contributed by atoms with Crippen LogP contribution in [0.4, 0.5) is 0 Å². The number of benzene rings is 3. The number of amides is 1. The number of allylic oxidation sites excluding steroid dienone is 1. The predicted octanol–water partition coefficient (Wildman–Crippen LogP) is 7.87. The minimum Gasteiger partial charge on any atom is -0.496 e. The van der Waals surface area contributed by atoms with E-state index >= 15 is 0 Å². The fraction of sp³-hybridized carbons (Fsp3) is 0.351. The molecule has 0 bridgehead atoms. The lowest BCUT2D eigenvalue weighted by molar-refractivity contribution is 0.0776. The largest absolute Gasteiger partial charge is 0.496 e. The van der Waals surface area contributed by atoms with E-state index in [1.54, 1.807) is 49.5 Å². The molecule has 2 atom stereocenters. The van der Waals surface area contributed by atoms with E-state index in [1.807, 2.05) is 47.0 Å². The van der Waals surface area contributed by atoms with Crippen LogP contribution in [0.2, 0.25) is 10.0 Å². The summed E-state index contributed by atoms with van der Waals surface area (Å²) in [6.45, 7) is 7.26. The van der Waals surface area contributed by atoms with Crippen molar-refractivity contribution in [1.29, 1.82) is 0 Å². The quantitative estimate of drug-likeness (QED) is 0.104. The van der Waals surface area contributed by atoms with Crippen LogP contribution in [0, 0.1) is 5.92 Å². The van der Waals surface area contributed by atoms with Gasteiger partial charge in [0.2, 0.25) is 5.78 Å². The van der Waals surface area contributed by atoms with Crippen molar-refractivity contribution in [2.24, 2.45) is 21.4 Å². The second-order valence-corrected chi connectivity index (χ2v) is 13.3. The zero-order valence-electron chi connectivity index (χ0n) is 27.6. The first-order valence-corrected chi connectivity index (χ1v) is 17.2. The molecule has 0 saturated carbocycles. The van der Waals surface area contributed by atoms with Crippen LogP contribution < -0.4 is 4.74 Å². The van der Waals surface area contributed by atoms with E-state index in [-0.39, 0.29) is 29.6 Å². The van der Waals surface area contributed by atoms with Gasteiger partial charge in [-0.3, -0.25) is 9.59 Å². The van der Waals surface area contributed by atoms with Crippen LogP contribution in [0.1, 0.15) is 63.3 Å². The highest BCUT2D eigenvalue weighted by Gasteiger charge is 2.30. The summed E-state index contributed by atoms with van der Waals surface area (Å²) < 4.78 is 7.53. The average Bonchev–Trinajstić information content (AvgIpc) is 3.80. The molecule has 12 heteroatoms. The van der Waals surface area contributed by atoms with Gasteiger partial charge in [-0.2, -0.15) is 5.11 Å². The molecule has 10 nitrogen and oxygen atoms in total. The maximum atomic E-state index is 13.9. The Morgan fingerprint density at radius 1 is 1.08 bits per heavy atom. The summed E-state index contributed by atoms with van der Waals surface area (Å²) in [7, 11) is 3.35. The monoisotopic (exact) mass is 699 g/mol. The van der Waals surface area contributed by atoms with E-state index in [4.69, 9.17) is 32.9 Å². The van der Waals surface area contributed by atoms with Crippen LogP contribution in [-0.4, -0.2) is 77.6 Å². The number of fused-ring (bicyclic) bond motifs is 1. The van der Waals surface area contributed by atoms with E-state index in [0.29, 0.717) is 40.3 Å². The van der Waals surface area contributed by atoms with Gasteiger partial charge in [-0.25, -0.2) is 4.98 Å². The molecule has 2 aliphatic rings. The molecule has 6 rings (SSSR count). The summed E-state index contributed by atoms with van der Waals surface area (Å²) >= 11 is 12.7. The summed E-state index contributed by atoms with van der Waals surface area (Å²) in [5.41, 5.74) is 4.02. The first kappa shape index (κ1) is 34.5. The smallest absolute Gasteiger partial charge is 0.257 e. The number of carbonyl (C=O) groups is 2. The molecular formula is C37H39Cl2N7O3. The number of piperidine rings is 1. The number of para-hydroxylation sites is 2. The number of imidazole rings is 1. The molecule has 49 heavy (non-hydrogen) atoms. The van der Waals surface area contributed by atoms with E-state index in [0.717, 1.165) is 61.1 Å². The van der Waals surface area contributed by atoms with Gasteiger partial charge in [-0.05, 0) is 91.6 Å². The van der Waals surface area contributed by atoms with E-state index in [1.165, 1.54) is 0 Å². The van der Waals surface area contributed by atoms with Gasteiger partial charge in [-0.15, -0.1) is 11.7 Å². The number of hydrogen-bond donors (Lipinski definition) is 0. The summed E-state index contributed by atoms with van der Waals surface area (Å²) in [4.78, 5) is 36.4. The Labute approximate surface area is 296 Å². The molecule has 0 radical (unpaired) electrons. The molecule has 1 amide bonds. The molecule has 4 aromatic rings. The van der Waals surface area contributed by atoms with Crippen LogP contribution in [0.3, 0.4) is 0 Å². The van der Waals surface area contributed by atoms with Crippen LogP contribution in [0.5, 0.6) is 5.75 Å². The highest BCUT2D eigenvalue weighted by Crippen LogP contribution is 2.32.